The van der Waals surface area contributed by atoms with E-state index in [0.717, 1.165) is 22.3 Å². The molecule has 0 aliphatic heterocycles. The summed E-state index contributed by atoms with van der Waals surface area (Å²) in [5.41, 5.74) is 0. The Morgan fingerprint density at radius 3 is 2.62 bits per heavy atom. The third-order valence-electron chi connectivity index (χ3n) is 2.50. The van der Waals surface area contributed by atoms with Crippen LogP contribution in [0.5, 0.6) is 0 Å². The van der Waals surface area contributed by atoms with Crippen molar-refractivity contribution in [1.29, 1.82) is 0 Å². The molecule has 0 spiro atoms. The zero-order valence-electron chi connectivity index (χ0n) is 11.0. The van der Waals surface area contributed by atoms with Crippen LogP contribution in [0.25, 0.3) is 0 Å². The Bertz CT molecular complexity index is 781. The Labute approximate surface area is 138 Å². The molecule has 0 aliphatic carbocycles. The normalized spacial score (nSPS) is 13.3. The highest BCUT2D eigenvalue weighted by molar-refractivity contribution is 9.11. The van der Waals surface area contributed by atoms with E-state index in [1.54, 1.807) is 13.1 Å². The SMILES string of the molecule is Cc1cnc(C(C)NS(=O)(=O)c2cc(C(=O)O)sc2Br)s1. The van der Waals surface area contributed by atoms with Crippen LogP contribution < -0.4 is 4.72 Å². The quantitative estimate of drug-likeness (QED) is 0.789. The molecule has 1 atom stereocenters. The van der Waals surface area contributed by atoms with Gasteiger partial charge in [-0.15, -0.1) is 22.7 Å². The molecule has 0 aromatic carbocycles. The molecule has 2 rings (SSSR count). The number of hydrogen-bond acceptors (Lipinski definition) is 6. The summed E-state index contributed by atoms with van der Waals surface area (Å²) in [6.45, 7) is 3.57. The maximum absolute atomic E-state index is 12.3. The van der Waals surface area contributed by atoms with E-state index in [4.69, 9.17) is 5.11 Å². The lowest BCUT2D eigenvalue weighted by molar-refractivity contribution is 0.0702. The second-order valence-electron chi connectivity index (χ2n) is 4.21. The zero-order chi connectivity index (χ0) is 15.8. The highest BCUT2D eigenvalue weighted by Crippen LogP contribution is 2.32. The predicted octanol–water partition coefficient (Wildman–Crippen LogP) is 3.01. The summed E-state index contributed by atoms with van der Waals surface area (Å²) >= 11 is 5.36. The summed E-state index contributed by atoms with van der Waals surface area (Å²) in [7, 11) is -3.82. The van der Waals surface area contributed by atoms with Gasteiger partial charge in [0.05, 0.1) is 9.83 Å². The molecule has 0 saturated carbocycles. The fourth-order valence-electron chi connectivity index (χ4n) is 1.56. The summed E-state index contributed by atoms with van der Waals surface area (Å²) in [4.78, 5) is 15.9. The van der Waals surface area contributed by atoms with E-state index in [2.05, 4.69) is 25.6 Å². The summed E-state index contributed by atoms with van der Waals surface area (Å²) in [6.07, 6.45) is 1.67. The minimum atomic E-state index is -3.82. The van der Waals surface area contributed by atoms with Crippen molar-refractivity contribution in [2.24, 2.45) is 0 Å². The van der Waals surface area contributed by atoms with Crippen LogP contribution in [0.4, 0.5) is 0 Å². The maximum Gasteiger partial charge on any atom is 0.345 e. The molecule has 6 nitrogen and oxygen atoms in total. The number of aromatic nitrogens is 1. The first-order chi connectivity index (χ1) is 9.70. The second kappa shape index (κ2) is 6.13. The molecule has 0 fully saturated rings. The van der Waals surface area contributed by atoms with Crippen LogP contribution in [0.3, 0.4) is 0 Å². The number of carboxylic acids is 1. The molecule has 114 valence electrons. The van der Waals surface area contributed by atoms with Crippen LogP contribution in [-0.2, 0) is 10.0 Å². The number of halogens is 1. The monoisotopic (exact) mass is 410 g/mol. The van der Waals surface area contributed by atoms with E-state index in [0.29, 0.717) is 5.01 Å². The van der Waals surface area contributed by atoms with Crippen LogP contribution in [0.2, 0.25) is 0 Å². The van der Waals surface area contributed by atoms with Crippen molar-refractivity contribution in [2.45, 2.75) is 24.8 Å². The number of carboxylic acid groups (broad SMARTS) is 1. The lowest BCUT2D eigenvalue weighted by Gasteiger charge is -2.11. The average molecular weight is 411 g/mol. The van der Waals surface area contributed by atoms with Crippen LogP contribution in [0.1, 0.15) is 32.5 Å². The highest BCUT2D eigenvalue weighted by Gasteiger charge is 2.26. The van der Waals surface area contributed by atoms with Gasteiger partial charge in [0.15, 0.2) is 0 Å². The van der Waals surface area contributed by atoms with Gasteiger partial charge in [-0.05, 0) is 35.8 Å². The molecule has 2 aromatic rings. The Hall–Kier alpha value is -0.810. The van der Waals surface area contributed by atoms with Gasteiger partial charge in [-0.25, -0.2) is 22.9 Å². The standard InChI is InChI=1S/C11H11BrN2O4S3/c1-5-4-13-10(19-5)6(2)14-21(17,18)8-3-7(11(15)16)20-9(8)12/h3-4,6,14H,1-2H3,(H,15,16). The minimum absolute atomic E-state index is 0.0417. The topological polar surface area (TPSA) is 96.4 Å². The third kappa shape index (κ3) is 3.69. The predicted molar refractivity (Wildman–Crippen MR) is 84.6 cm³/mol. The number of carbonyl (C=O) groups is 1. The van der Waals surface area contributed by atoms with Crippen LogP contribution in [0.15, 0.2) is 20.9 Å². The van der Waals surface area contributed by atoms with Crippen molar-refractivity contribution in [3.05, 3.63) is 30.8 Å². The van der Waals surface area contributed by atoms with Crippen molar-refractivity contribution in [1.82, 2.24) is 9.71 Å². The van der Waals surface area contributed by atoms with Crippen LogP contribution in [0, 0.1) is 6.92 Å². The van der Waals surface area contributed by atoms with Gasteiger partial charge in [-0.1, -0.05) is 0 Å². The van der Waals surface area contributed by atoms with E-state index in [1.165, 1.54) is 11.3 Å². The van der Waals surface area contributed by atoms with Crippen LogP contribution >= 0.6 is 38.6 Å². The molecule has 0 amide bonds. The molecule has 0 bridgehead atoms. The molecule has 2 heterocycles. The number of nitrogens with zero attached hydrogens (tertiary/aromatic N) is 1. The lowest BCUT2D eigenvalue weighted by atomic mass is 10.4. The lowest BCUT2D eigenvalue weighted by Crippen LogP contribution is -2.26. The van der Waals surface area contributed by atoms with Crippen LogP contribution in [-0.4, -0.2) is 24.5 Å². The smallest absolute Gasteiger partial charge is 0.345 e. The Morgan fingerprint density at radius 2 is 2.14 bits per heavy atom. The second-order valence-corrected chi connectivity index (χ2v) is 9.52. The minimum Gasteiger partial charge on any atom is -0.477 e. The molecular formula is C11H11BrN2O4S3. The summed E-state index contributed by atoms with van der Waals surface area (Å²) in [5, 5.41) is 9.57. The van der Waals surface area contributed by atoms with Crippen molar-refractivity contribution < 1.29 is 18.3 Å². The Morgan fingerprint density at radius 1 is 1.48 bits per heavy atom. The number of aryl methyl sites for hydroxylation is 1. The molecule has 0 aliphatic rings. The van der Waals surface area contributed by atoms with Gasteiger partial charge in [0.2, 0.25) is 10.0 Å². The number of sulfonamides is 1. The van der Waals surface area contributed by atoms with Gasteiger partial charge >= 0.3 is 5.97 Å². The first kappa shape index (κ1) is 16.6. The molecule has 2 N–H and O–H groups in total. The van der Waals surface area contributed by atoms with Gasteiger partial charge in [0, 0.05) is 11.1 Å². The number of rotatable bonds is 5. The van der Waals surface area contributed by atoms with Gasteiger partial charge < -0.3 is 5.11 Å². The van der Waals surface area contributed by atoms with E-state index < -0.39 is 22.0 Å². The fraction of sp³-hybridized carbons (Fsp3) is 0.273. The average Bonchev–Trinajstić information content (AvgIpc) is 2.95. The Balaban J connectivity index is 2.28. The number of thiazole rings is 1. The van der Waals surface area contributed by atoms with E-state index in [-0.39, 0.29) is 13.6 Å². The molecule has 10 heteroatoms. The van der Waals surface area contributed by atoms with Gasteiger partial charge in [-0.3, -0.25) is 0 Å². The number of aromatic carboxylic acids is 1. The first-order valence-corrected chi connectivity index (χ1v) is 9.59. The van der Waals surface area contributed by atoms with E-state index in [9.17, 15) is 13.2 Å². The third-order valence-corrected chi connectivity index (χ3v) is 7.37. The highest BCUT2D eigenvalue weighted by atomic mass is 79.9. The summed E-state index contributed by atoms with van der Waals surface area (Å²) in [5.74, 6) is -1.16. The van der Waals surface area contributed by atoms with Crippen molar-refractivity contribution in [3.8, 4) is 0 Å². The molecule has 2 aromatic heterocycles. The molecule has 1 unspecified atom stereocenters. The zero-order valence-corrected chi connectivity index (χ0v) is 15.0. The van der Waals surface area contributed by atoms with Crippen molar-refractivity contribution >= 4 is 54.6 Å². The summed E-state index contributed by atoms with van der Waals surface area (Å²) < 4.78 is 27.4. The summed E-state index contributed by atoms with van der Waals surface area (Å²) in [6, 6.07) is 0.646. The number of hydrogen-bond donors (Lipinski definition) is 2. The molecule has 0 saturated heterocycles. The number of thiophene rings is 1. The number of nitrogens with one attached hydrogen (secondary N) is 1. The van der Waals surface area contributed by atoms with Crippen molar-refractivity contribution in [3.63, 3.8) is 0 Å². The van der Waals surface area contributed by atoms with Gasteiger partial charge in [0.1, 0.15) is 14.8 Å². The van der Waals surface area contributed by atoms with Crippen molar-refractivity contribution in [2.75, 3.05) is 0 Å². The van der Waals surface area contributed by atoms with E-state index in [1.807, 2.05) is 6.92 Å². The van der Waals surface area contributed by atoms with Gasteiger partial charge in [-0.2, -0.15) is 0 Å². The maximum atomic E-state index is 12.3. The molecule has 21 heavy (non-hydrogen) atoms. The molecule has 0 radical (unpaired) electrons. The Kier molecular flexibility index (Phi) is 4.83. The van der Waals surface area contributed by atoms with E-state index >= 15 is 0 Å². The first-order valence-electron chi connectivity index (χ1n) is 5.68. The van der Waals surface area contributed by atoms with Gasteiger partial charge in [0.25, 0.3) is 0 Å². The fourth-order valence-corrected chi connectivity index (χ4v) is 6.02. The molecular weight excluding hydrogens is 400 g/mol. The largest absolute Gasteiger partial charge is 0.477 e.